The Morgan fingerprint density at radius 2 is 1.70 bits per heavy atom. The van der Waals surface area contributed by atoms with Gasteiger partial charge in [0.15, 0.2) is 0 Å². The molecule has 0 bridgehead atoms. The third kappa shape index (κ3) is 5.96. The molecular weight excluding hydrogens is 439 g/mol. The lowest BCUT2D eigenvalue weighted by atomic mass is 9.77. The fourth-order valence-corrected chi connectivity index (χ4v) is 4.05. The molecule has 178 valence electrons. The predicted molar refractivity (Wildman–Crippen MR) is 113 cm³/mol. The van der Waals surface area contributed by atoms with Gasteiger partial charge in [0.05, 0.1) is 5.41 Å². The lowest BCUT2D eigenvalue weighted by molar-refractivity contribution is -0.192. The van der Waals surface area contributed by atoms with Gasteiger partial charge in [-0.1, -0.05) is 13.0 Å². The summed E-state index contributed by atoms with van der Waals surface area (Å²) in [6.45, 7) is 5.30. The molecule has 0 radical (unpaired) electrons. The summed E-state index contributed by atoms with van der Waals surface area (Å²) in [5, 5.41) is 7.12. The van der Waals surface area contributed by atoms with E-state index in [0.717, 1.165) is 62.4 Å². The molecule has 2 aliphatic heterocycles. The van der Waals surface area contributed by atoms with Gasteiger partial charge in [-0.05, 0) is 42.9 Å². The second kappa shape index (κ2) is 10.1. The number of pyridine rings is 1. The molecule has 0 atom stereocenters. The van der Waals surface area contributed by atoms with Crippen LogP contribution in [-0.4, -0.2) is 62.6 Å². The van der Waals surface area contributed by atoms with E-state index in [1.165, 1.54) is 0 Å². The van der Waals surface area contributed by atoms with Crippen LogP contribution < -0.4 is 4.90 Å². The van der Waals surface area contributed by atoms with Crippen molar-refractivity contribution in [2.45, 2.75) is 45.3 Å². The Hall–Kier alpha value is -3.24. The Morgan fingerprint density at radius 1 is 1.09 bits per heavy atom. The highest BCUT2D eigenvalue weighted by atomic mass is 19.4. The highest BCUT2D eigenvalue weighted by molar-refractivity contribution is 5.85. The number of aryl methyl sites for hydroxylation is 1. The summed E-state index contributed by atoms with van der Waals surface area (Å²) < 4.78 is 31.7. The fraction of sp³-hybridized carbons (Fsp3) is 0.500. The van der Waals surface area contributed by atoms with E-state index >= 15 is 0 Å². The number of nitrogens with zero attached hydrogens (tertiary/aromatic N) is 5. The molecule has 0 saturated carbocycles. The molecule has 2 fully saturated rings. The molecule has 0 aliphatic carbocycles. The molecule has 1 spiro atoms. The zero-order chi connectivity index (χ0) is 24.1. The number of carboxylic acid groups (broad SMARTS) is 1. The zero-order valence-corrected chi connectivity index (χ0v) is 18.3. The molecule has 33 heavy (non-hydrogen) atoms. The first-order valence-corrected chi connectivity index (χ1v) is 10.7. The molecule has 2 aromatic heterocycles. The first-order valence-electron chi connectivity index (χ1n) is 10.7. The maximum atomic E-state index is 13.1. The van der Waals surface area contributed by atoms with Crippen LogP contribution in [0, 0.1) is 5.41 Å². The summed E-state index contributed by atoms with van der Waals surface area (Å²) >= 11 is 0. The summed E-state index contributed by atoms with van der Waals surface area (Å²) in [6.07, 6.45) is 6.01. The number of carbonyl (C=O) groups excluding carboxylic acids is 1. The molecule has 0 unspecified atom stereocenters. The van der Waals surface area contributed by atoms with Gasteiger partial charge in [0, 0.05) is 51.0 Å². The predicted octanol–water partition coefficient (Wildman–Crippen LogP) is 3.09. The number of likely N-dealkylation sites (tertiary alicyclic amines) is 1. The van der Waals surface area contributed by atoms with E-state index in [1.807, 2.05) is 35.6 Å². The van der Waals surface area contributed by atoms with Crippen LogP contribution in [-0.2, 0) is 22.6 Å². The molecular formula is C22H26F3N5O3. The third-order valence-corrected chi connectivity index (χ3v) is 6.04. The Balaban J connectivity index is 0.000000383. The molecule has 4 rings (SSSR count). The molecule has 8 nitrogen and oxygen atoms in total. The first-order chi connectivity index (χ1) is 15.6. The minimum Gasteiger partial charge on any atom is -0.475 e. The van der Waals surface area contributed by atoms with Gasteiger partial charge in [-0.2, -0.15) is 13.2 Å². The average molecular weight is 465 g/mol. The standard InChI is InChI=1S/C20H25N5O.C2HF3O2/c1-2-16-13-22-19(23-14-16)24-9-5-20(6-10-24)7-11-25(18(20)26)15-17-4-3-8-21-12-17;3-2(4,5)1(6)7/h3-4,8,12-14H,2,5-7,9-11,15H2,1H3;(H,6,7). The fourth-order valence-electron chi connectivity index (χ4n) is 4.05. The quantitative estimate of drug-likeness (QED) is 0.741. The largest absolute Gasteiger partial charge is 0.490 e. The van der Waals surface area contributed by atoms with Crippen molar-refractivity contribution in [3.8, 4) is 0 Å². The lowest BCUT2D eigenvalue weighted by Gasteiger charge is -2.38. The molecule has 4 heterocycles. The van der Waals surface area contributed by atoms with Gasteiger partial charge in [0.2, 0.25) is 11.9 Å². The van der Waals surface area contributed by atoms with Gasteiger partial charge in [-0.25, -0.2) is 14.8 Å². The monoisotopic (exact) mass is 465 g/mol. The van der Waals surface area contributed by atoms with E-state index in [4.69, 9.17) is 9.90 Å². The van der Waals surface area contributed by atoms with Gasteiger partial charge < -0.3 is 14.9 Å². The number of rotatable bonds is 4. The summed E-state index contributed by atoms with van der Waals surface area (Å²) in [5.74, 6) is -1.66. The third-order valence-electron chi connectivity index (χ3n) is 6.04. The van der Waals surface area contributed by atoms with Crippen LogP contribution in [0.3, 0.4) is 0 Å². The minimum atomic E-state index is -5.08. The highest BCUT2D eigenvalue weighted by Gasteiger charge is 2.48. The SMILES string of the molecule is CCc1cnc(N2CCC3(CCN(Cc4cccnc4)C3=O)CC2)nc1.O=C(O)C(F)(F)F. The van der Waals surface area contributed by atoms with Crippen LogP contribution in [0.2, 0.25) is 0 Å². The number of hydrogen-bond acceptors (Lipinski definition) is 6. The average Bonchev–Trinajstić information content (AvgIpc) is 3.10. The van der Waals surface area contributed by atoms with E-state index in [0.29, 0.717) is 12.5 Å². The first kappa shape index (κ1) is 24.4. The van der Waals surface area contributed by atoms with Crippen LogP contribution >= 0.6 is 0 Å². The zero-order valence-electron chi connectivity index (χ0n) is 18.3. The number of alkyl halides is 3. The molecule has 0 aromatic carbocycles. The Bertz CT molecular complexity index is 946. The van der Waals surface area contributed by atoms with Crippen molar-refractivity contribution in [1.82, 2.24) is 19.9 Å². The minimum absolute atomic E-state index is 0.192. The Labute approximate surface area is 189 Å². The van der Waals surface area contributed by atoms with Crippen LogP contribution in [0.1, 0.15) is 37.3 Å². The number of amides is 1. The van der Waals surface area contributed by atoms with Gasteiger partial charge in [-0.3, -0.25) is 9.78 Å². The van der Waals surface area contributed by atoms with Crippen molar-refractivity contribution < 1.29 is 27.9 Å². The van der Waals surface area contributed by atoms with E-state index in [2.05, 4.69) is 26.8 Å². The number of carboxylic acids is 1. The number of aromatic nitrogens is 3. The summed E-state index contributed by atoms with van der Waals surface area (Å²) in [7, 11) is 0. The van der Waals surface area contributed by atoms with Crippen molar-refractivity contribution in [1.29, 1.82) is 0 Å². The van der Waals surface area contributed by atoms with Crippen molar-refractivity contribution in [3.05, 3.63) is 48.0 Å². The van der Waals surface area contributed by atoms with Crippen LogP contribution in [0.4, 0.5) is 19.1 Å². The van der Waals surface area contributed by atoms with Gasteiger partial charge in [0.25, 0.3) is 0 Å². The topological polar surface area (TPSA) is 99.5 Å². The van der Waals surface area contributed by atoms with E-state index < -0.39 is 12.1 Å². The Kier molecular flexibility index (Phi) is 7.50. The van der Waals surface area contributed by atoms with Crippen molar-refractivity contribution in [2.24, 2.45) is 5.41 Å². The van der Waals surface area contributed by atoms with Crippen LogP contribution in [0.5, 0.6) is 0 Å². The van der Waals surface area contributed by atoms with Gasteiger partial charge >= 0.3 is 12.1 Å². The smallest absolute Gasteiger partial charge is 0.475 e. The molecule has 2 aromatic rings. The molecule has 1 N–H and O–H groups in total. The molecule has 2 aliphatic rings. The number of piperidine rings is 1. The highest BCUT2D eigenvalue weighted by Crippen LogP contribution is 2.42. The lowest BCUT2D eigenvalue weighted by Crippen LogP contribution is -2.45. The summed E-state index contributed by atoms with van der Waals surface area (Å²) in [5.41, 5.74) is 2.06. The number of carbonyl (C=O) groups is 2. The van der Waals surface area contributed by atoms with E-state index in [-0.39, 0.29) is 5.41 Å². The number of anilines is 1. The second-order valence-corrected chi connectivity index (χ2v) is 8.15. The van der Waals surface area contributed by atoms with E-state index in [9.17, 15) is 18.0 Å². The molecule has 11 heteroatoms. The molecule has 1 amide bonds. The van der Waals surface area contributed by atoms with Crippen LogP contribution in [0.15, 0.2) is 36.9 Å². The van der Waals surface area contributed by atoms with E-state index in [1.54, 1.807) is 6.20 Å². The molecule has 2 saturated heterocycles. The van der Waals surface area contributed by atoms with Crippen molar-refractivity contribution in [2.75, 3.05) is 24.5 Å². The van der Waals surface area contributed by atoms with Crippen molar-refractivity contribution >= 4 is 17.8 Å². The Morgan fingerprint density at radius 3 is 2.21 bits per heavy atom. The second-order valence-electron chi connectivity index (χ2n) is 8.15. The number of hydrogen-bond donors (Lipinski definition) is 1. The van der Waals surface area contributed by atoms with Gasteiger partial charge in [-0.15, -0.1) is 0 Å². The summed E-state index contributed by atoms with van der Waals surface area (Å²) in [4.78, 5) is 39.3. The maximum Gasteiger partial charge on any atom is 0.490 e. The number of aliphatic carboxylic acids is 1. The van der Waals surface area contributed by atoms with Gasteiger partial charge in [0.1, 0.15) is 0 Å². The number of halogens is 3. The maximum absolute atomic E-state index is 13.1. The van der Waals surface area contributed by atoms with Crippen molar-refractivity contribution in [3.63, 3.8) is 0 Å². The van der Waals surface area contributed by atoms with Crippen LogP contribution in [0.25, 0.3) is 0 Å². The summed E-state index contributed by atoms with van der Waals surface area (Å²) in [6, 6.07) is 3.96. The normalized spacial score (nSPS) is 17.6.